The van der Waals surface area contributed by atoms with E-state index in [2.05, 4.69) is 28.4 Å². The van der Waals surface area contributed by atoms with Crippen LogP contribution >= 0.6 is 0 Å². The number of hydrogen-bond donors (Lipinski definition) is 0. The monoisotopic (exact) mass is 309 g/mol. The van der Waals surface area contributed by atoms with Crippen LogP contribution in [0, 0.1) is 6.92 Å². The van der Waals surface area contributed by atoms with E-state index < -0.39 is 9.84 Å². The molecule has 2 aromatic heterocycles. The molecular formula is C15H23N3O2S. The van der Waals surface area contributed by atoms with Gasteiger partial charge in [0.15, 0.2) is 0 Å². The lowest BCUT2D eigenvalue weighted by atomic mass is 10.2. The van der Waals surface area contributed by atoms with Gasteiger partial charge in [-0.25, -0.2) is 13.4 Å². The average Bonchev–Trinajstić information content (AvgIpc) is 2.76. The molecule has 21 heavy (non-hydrogen) atoms. The summed E-state index contributed by atoms with van der Waals surface area (Å²) in [5, 5.41) is 0. The first kappa shape index (κ1) is 15.9. The Kier molecular flexibility index (Phi) is 4.98. The number of fused-ring (bicyclic) bond motifs is 1. The largest absolute Gasteiger partial charge is 0.328 e. The molecule has 0 saturated carbocycles. The summed E-state index contributed by atoms with van der Waals surface area (Å²) in [4.78, 5) is 8.83. The van der Waals surface area contributed by atoms with Gasteiger partial charge in [-0.1, -0.05) is 13.3 Å². The Morgan fingerprint density at radius 1 is 1.19 bits per heavy atom. The molecule has 0 spiro atoms. The van der Waals surface area contributed by atoms with E-state index >= 15 is 0 Å². The predicted octanol–water partition coefficient (Wildman–Crippen LogP) is 2.52. The van der Waals surface area contributed by atoms with Gasteiger partial charge in [-0.3, -0.25) is 4.98 Å². The van der Waals surface area contributed by atoms with Gasteiger partial charge in [0.05, 0.1) is 11.7 Å². The number of sulfone groups is 1. The number of unbranched alkanes of at least 4 members (excludes halogenated alkanes) is 2. The summed E-state index contributed by atoms with van der Waals surface area (Å²) < 4.78 is 24.5. The first-order valence-electron chi connectivity index (χ1n) is 7.40. The van der Waals surface area contributed by atoms with E-state index in [9.17, 15) is 8.42 Å². The smallest absolute Gasteiger partial charge is 0.147 e. The zero-order valence-electron chi connectivity index (χ0n) is 13.0. The maximum Gasteiger partial charge on any atom is 0.147 e. The Morgan fingerprint density at radius 3 is 2.62 bits per heavy atom. The van der Waals surface area contributed by atoms with E-state index in [1.165, 1.54) is 6.26 Å². The molecule has 2 rings (SSSR count). The third kappa shape index (κ3) is 4.03. The summed E-state index contributed by atoms with van der Waals surface area (Å²) in [6.07, 6.45) is 8.47. The minimum absolute atomic E-state index is 0.279. The summed E-state index contributed by atoms with van der Waals surface area (Å²) in [5.41, 5.74) is 3.24. The molecule has 0 unspecified atom stereocenters. The van der Waals surface area contributed by atoms with E-state index in [0.29, 0.717) is 0 Å². The SMILES string of the molecule is CCc1nc2cncc(C)c2n1CCCCCS(C)(=O)=O. The fourth-order valence-electron chi connectivity index (χ4n) is 2.63. The number of hydrogen-bond acceptors (Lipinski definition) is 4. The Labute approximate surface area is 126 Å². The zero-order chi connectivity index (χ0) is 15.5. The van der Waals surface area contributed by atoms with Gasteiger partial charge in [0.1, 0.15) is 21.2 Å². The molecule has 0 saturated heterocycles. The van der Waals surface area contributed by atoms with Crippen LogP contribution in [0.15, 0.2) is 12.4 Å². The first-order chi connectivity index (χ1) is 9.92. The van der Waals surface area contributed by atoms with E-state index in [-0.39, 0.29) is 5.75 Å². The van der Waals surface area contributed by atoms with Crippen molar-refractivity contribution in [2.45, 2.75) is 46.1 Å². The molecule has 0 aliphatic carbocycles. The van der Waals surface area contributed by atoms with Crippen LogP contribution in [0.2, 0.25) is 0 Å². The van der Waals surface area contributed by atoms with Gasteiger partial charge in [0.2, 0.25) is 0 Å². The molecular weight excluding hydrogens is 286 g/mol. The maximum atomic E-state index is 11.1. The molecule has 5 nitrogen and oxygen atoms in total. The predicted molar refractivity (Wildman–Crippen MR) is 85.2 cm³/mol. The molecule has 0 N–H and O–H groups in total. The molecule has 116 valence electrons. The van der Waals surface area contributed by atoms with Gasteiger partial charge in [-0.2, -0.15) is 0 Å². The summed E-state index contributed by atoms with van der Waals surface area (Å²) in [7, 11) is -2.84. The van der Waals surface area contributed by atoms with Gasteiger partial charge < -0.3 is 4.57 Å². The molecule has 0 aliphatic heterocycles. The summed E-state index contributed by atoms with van der Waals surface area (Å²) in [5.74, 6) is 1.35. The highest BCUT2D eigenvalue weighted by Gasteiger charge is 2.11. The molecule has 6 heteroatoms. The Morgan fingerprint density at radius 2 is 1.95 bits per heavy atom. The van der Waals surface area contributed by atoms with Gasteiger partial charge in [0.25, 0.3) is 0 Å². The second kappa shape index (κ2) is 6.56. The topological polar surface area (TPSA) is 64.8 Å². The molecule has 2 aromatic rings. The second-order valence-electron chi connectivity index (χ2n) is 5.55. The standard InChI is InChI=1S/C15H23N3O2S/c1-4-14-17-13-11-16-10-12(2)15(13)18(14)8-6-5-7-9-21(3,19)20/h10-11H,4-9H2,1-3H3. The second-order valence-corrected chi connectivity index (χ2v) is 7.81. The van der Waals surface area contributed by atoms with Crippen molar-refractivity contribution in [3.8, 4) is 0 Å². The average molecular weight is 309 g/mol. The minimum Gasteiger partial charge on any atom is -0.328 e. The zero-order valence-corrected chi connectivity index (χ0v) is 13.8. The maximum absolute atomic E-state index is 11.1. The van der Waals surface area contributed by atoms with Gasteiger partial charge >= 0.3 is 0 Å². The molecule has 0 atom stereocenters. The van der Waals surface area contributed by atoms with Crippen molar-refractivity contribution >= 4 is 20.9 Å². The van der Waals surface area contributed by atoms with Crippen molar-refractivity contribution in [2.75, 3.05) is 12.0 Å². The fraction of sp³-hybridized carbons (Fsp3) is 0.600. The quantitative estimate of drug-likeness (QED) is 0.737. The Hall–Kier alpha value is -1.43. The van der Waals surface area contributed by atoms with E-state index in [1.807, 2.05) is 12.4 Å². The van der Waals surface area contributed by atoms with Crippen molar-refractivity contribution in [1.29, 1.82) is 0 Å². The third-order valence-corrected chi connectivity index (χ3v) is 4.66. The highest BCUT2D eigenvalue weighted by Crippen LogP contribution is 2.20. The summed E-state index contributed by atoms with van der Waals surface area (Å²) in [6, 6.07) is 0. The van der Waals surface area contributed by atoms with Crippen molar-refractivity contribution in [2.24, 2.45) is 0 Å². The van der Waals surface area contributed by atoms with Gasteiger partial charge in [-0.05, 0) is 25.3 Å². The lowest BCUT2D eigenvalue weighted by Gasteiger charge is -2.09. The van der Waals surface area contributed by atoms with Crippen LogP contribution in [0.4, 0.5) is 0 Å². The highest BCUT2D eigenvalue weighted by atomic mass is 32.2. The van der Waals surface area contributed by atoms with E-state index in [1.54, 1.807) is 0 Å². The van der Waals surface area contributed by atoms with Gasteiger partial charge in [-0.15, -0.1) is 0 Å². The number of rotatable bonds is 7. The molecule has 0 bridgehead atoms. The number of pyridine rings is 1. The van der Waals surface area contributed by atoms with Crippen molar-refractivity contribution < 1.29 is 8.42 Å². The van der Waals surface area contributed by atoms with Crippen molar-refractivity contribution in [3.05, 3.63) is 23.8 Å². The van der Waals surface area contributed by atoms with Crippen LogP contribution in [0.3, 0.4) is 0 Å². The van der Waals surface area contributed by atoms with E-state index in [4.69, 9.17) is 0 Å². The highest BCUT2D eigenvalue weighted by molar-refractivity contribution is 7.90. The number of nitrogens with zero attached hydrogens (tertiary/aromatic N) is 3. The van der Waals surface area contributed by atoms with Crippen LogP contribution < -0.4 is 0 Å². The summed E-state index contributed by atoms with van der Waals surface area (Å²) >= 11 is 0. The number of aryl methyl sites for hydroxylation is 3. The Balaban J connectivity index is 2.07. The molecule has 0 fully saturated rings. The molecule has 0 aromatic carbocycles. The number of imidazole rings is 1. The third-order valence-electron chi connectivity index (χ3n) is 3.63. The van der Waals surface area contributed by atoms with Gasteiger partial charge in [0, 0.05) is 31.2 Å². The Bertz CT molecular complexity index is 720. The molecule has 2 heterocycles. The van der Waals surface area contributed by atoms with Crippen molar-refractivity contribution in [3.63, 3.8) is 0 Å². The van der Waals surface area contributed by atoms with Crippen LogP contribution in [-0.4, -0.2) is 35.0 Å². The minimum atomic E-state index is -2.84. The normalized spacial score (nSPS) is 12.1. The summed E-state index contributed by atoms with van der Waals surface area (Å²) in [6.45, 7) is 5.04. The van der Waals surface area contributed by atoms with Crippen LogP contribution in [0.25, 0.3) is 11.0 Å². The fourth-order valence-corrected chi connectivity index (χ4v) is 3.36. The van der Waals surface area contributed by atoms with Crippen LogP contribution in [0.5, 0.6) is 0 Å². The molecule has 0 radical (unpaired) electrons. The van der Waals surface area contributed by atoms with Crippen LogP contribution in [0.1, 0.15) is 37.6 Å². The van der Waals surface area contributed by atoms with E-state index in [0.717, 1.165) is 54.6 Å². The lowest BCUT2D eigenvalue weighted by Crippen LogP contribution is -2.06. The molecule has 0 aliphatic rings. The lowest BCUT2D eigenvalue weighted by molar-refractivity contribution is 0.577. The number of aromatic nitrogens is 3. The molecule has 0 amide bonds. The first-order valence-corrected chi connectivity index (χ1v) is 9.46. The van der Waals surface area contributed by atoms with Crippen molar-refractivity contribution in [1.82, 2.24) is 14.5 Å². The van der Waals surface area contributed by atoms with Crippen LogP contribution in [-0.2, 0) is 22.8 Å².